The Balaban J connectivity index is 1.84. The van der Waals surface area contributed by atoms with Gasteiger partial charge < -0.3 is 35.5 Å². The van der Waals surface area contributed by atoms with E-state index in [1.165, 1.54) is 6.92 Å². The second-order valence-corrected chi connectivity index (χ2v) is 17.5. The monoisotopic (exact) mass is 971 g/mol. The lowest BCUT2D eigenvalue weighted by molar-refractivity contribution is -0.141. The summed E-state index contributed by atoms with van der Waals surface area (Å²) in [7, 11) is 0. The molecule has 5 unspecified atom stereocenters. The smallest absolute Gasteiger partial charge is 0.434 e. The van der Waals surface area contributed by atoms with Crippen molar-refractivity contribution in [3.8, 4) is 12.3 Å². The molecule has 340 valence electrons. The average Bonchev–Trinajstić information content (AvgIpc) is 3.24. The van der Waals surface area contributed by atoms with Crippen LogP contribution in [0.25, 0.3) is 0 Å². The summed E-state index contributed by atoms with van der Waals surface area (Å²) in [6, 6.07) is 14.5. The molecule has 62 heavy (non-hydrogen) atoms. The van der Waals surface area contributed by atoms with Crippen LogP contribution in [0.15, 0.2) is 60.7 Å². The van der Waals surface area contributed by atoms with E-state index < -0.39 is 59.4 Å². The van der Waals surface area contributed by atoms with Gasteiger partial charge >= 0.3 is 6.16 Å². The van der Waals surface area contributed by atoms with Gasteiger partial charge in [-0.05, 0) is 68.4 Å². The van der Waals surface area contributed by atoms with Crippen LogP contribution in [-0.4, -0.2) is 114 Å². The number of nitrogens with one attached hydrogen (secondary N) is 4. The van der Waals surface area contributed by atoms with Crippen molar-refractivity contribution in [1.82, 2.24) is 26.2 Å². The topological polar surface area (TPSA) is 181 Å². The Labute approximate surface area is 381 Å². The molecular weight excluding hydrogens is 905 g/mol. The molecule has 0 spiro atoms. The second-order valence-electron chi connectivity index (χ2n) is 16.8. The predicted octanol–water partition coefficient (Wildman–Crippen LogP) is 4.95. The maximum absolute atomic E-state index is 14.4. The van der Waals surface area contributed by atoms with Crippen molar-refractivity contribution in [1.29, 1.82) is 0 Å². The molecule has 0 aliphatic carbocycles. The van der Waals surface area contributed by atoms with Crippen molar-refractivity contribution in [3.05, 3.63) is 71.8 Å². The zero-order valence-electron chi connectivity index (χ0n) is 36.9. The van der Waals surface area contributed by atoms with Gasteiger partial charge in [0.05, 0.1) is 32.4 Å². The minimum absolute atomic E-state index is 0.0419. The number of unbranched alkanes of at least 4 members (excludes halogenated alkanes) is 2. The lowest BCUT2D eigenvalue weighted by atomic mass is 9.90. The van der Waals surface area contributed by atoms with Crippen molar-refractivity contribution >= 4 is 58.2 Å². The van der Waals surface area contributed by atoms with Gasteiger partial charge in [0.25, 0.3) is 0 Å². The van der Waals surface area contributed by atoms with E-state index in [0.717, 1.165) is 11.1 Å². The summed E-state index contributed by atoms with van der Waals surface area (Å²) in [6.45, 7) is 11.6. The zero-order valence-corrected chi connectivity index (χ0v) is 39.1. The van der Waals surface area contributed by atoms with E-state index in [-0.39, 0.29) is 61.0 Å². The number of ketones is 1. The highest BCUT2D eigenvalue weighted by molar-refractivity contribution is 14.1. The maximum atomic E-state index is 14.4. The number of amides is 4. The molecular formula is C47H66IN5O9. The van der Waals surface area contributed by atoms with Gasteiger partial charge in [0.2, 0.25) is 23.6 Å². The SMILES string of the molecule is C#CCCCCOC(=O)OC(C)(CI)C(=O)C(CC(C)C)NC(=O)C(Cc1ccccc1)NC(=O)C(CC(C)C)NC(=O)C(CCc1ccccc1)NC(=O)CN1CCOCC1. The van der Waals surface area contributed by atoms with E-state index in [9.17, 15) is 28.8 Å². The average molecular weight is 972 g/mol. The highest BCUT2D eigenvalue weighted by Gasteiger charge is 2.43. The summed E-state index contributed by atoms with van der Waals surface area (Å²) >= 11 is 1.96. The number of hydrogen-bond acceptors (Lipinski definition) is 10. The van der Waals surface area contributed by atoms with Crippen molar-refractivity contribution < 1.29 is 43.0 Å². The molecule has 2 aromatic rings. The third-order valence-corrected chi connectivity index (χ3v) is 11.8. The molecule has 4 N–H and O–H groups in total. The predicted molar refractivity (Wildman–Crippen MR) is 246 cm³/mol. The van der Waals surface area contributed by atoms with E-state index in [1.807, 2.05) is 116 Å². The first-order valence-corrected chi connectivity index (χ1v) is 23.1. The van der Waals surface area contributed by atoms with Crippen LogP contribution in [0.5, 0.6) is 0 Å². The van der Waals surface area contributed by atoms with Gasteiger partial charge in [-0.1, -0.05) is 111 Å². The molecule has 1 heterocycles. The summed E-state index contributed by atoms with van der Waals surface area (Å²) in [5.41, 5.74) is 0.104. The fourth-order valence-electron chi connectivity index (χ4n) is 6.92. The summed E-state index contributed by atoms with van der Waals surface area (Å²) in [4.78, 5) is 85.0. The standard InChI is InChI=1S/C47H66IN5O9/c1-7-8-9-16-25-61-46(59)62-47(6,32-48)42(55)38(28-33(2)3)50-45(58)40(30-36-19-14-11-15-20-36)52-44(57)39(29-34(4)5)51-43(56)37(22-21-35-17-12-10-13-18-35)49-41(54)31-53-23-26-60-27-24-53/h1,10-15,17-20,33-34,37-40H,8-9,16,21-32H2,2-6H3,(H,49,54)(H,50,58)(H,51,56)(H,52,57). The number of nitrogens with zero attached hydrogens (tertiary/aromatic N) is 1. The molecule has 14 nitrogen and oxygen atoms in total. The van der Waals surface area contributed by atoms with Crippen LogP contribution in [0.2, 0.25) is 0 Å². The fraction of sp³-hybridized carbons (Fsp3) is 0.574. The molecule has 15 heteroatoms. The Kier molecular flexibility index (Phi) is 23.0. The van der Waals surface area contributed by atoms with Crippen LogP contribution in [0.1, 0.15) is 84.3 Å². The number of alkyl halides is 1. The van der Waals surface area contributed by atoms with Crippen molar-refractivity contribution in [2.45, 2.75) is 116 Å². The summed E-state index contributed by atoms with van der Waals surface area (Å²) in [5.74, 6) is -0.139. The van der Waals surface area contributed by atoms with E-state index in [2.05, 4.69) is 27.2 Å². The van der Waals surface area contributed by atoms with Gasteiger partial charge in [-0.25, -0.2) is 4.79 Å². The maximum Gasteiger partial charge on any atom is 0.509 e. The summed E-state index contributed by atoms with van der Waals surface area (Å²) in [5, 5.41) is 11.6. The van der Waals surface area contributed by atoms with Crippen LogP contribution < -0.4 is 21.3 Å². The van der Waals surface area contributed by atoms with Crippen LogP contribution >= 0.6 is 22.6 Å². The molecule has 1 aliphatic heterocycles. The Morgan fingerprint density at radius 1 is 0.774 bits per heavy atom. The number of halogens is 1. The molecule has 0 bridgehead atoms. The van der Waals surface area contributed by atoms with Gasteiger partial charge in [0.1, 0.15) is 18.1 Å². The minimum atomic E-state index is -1.64. The Hall–Kier alpha value is -4.53. The number of carbonyl (C=O) groups is 6. The lowest BCUT2D eigenvalue weighted by Crippen LogP contribution is -2.60. The summed E-state index contributed by atoms with van der Waals surface area (Å²) in [6.07, 6.45) is 7.38. The molecule has 5 atom stereocenters. The molecule has 4 amide bonds. The number of Topliss-reactive ketones (excluding diaryl/α,β-unsaturated/α-hetero) is 1. The normalized spacial score (nSPS) is 15.8. The summed E-state index contributed by atoms with van der Waals surface area (Å²) < 4.78 is 16.3. The van der Waals surface area contributed by atoms with E-state index >= 15 is 0 Å². The quantitative estimate of drug-likeness (QED) is 0.0332. The fourth-order valence-corrected chi connectivity index (χ4v) is 7.45. The second kappa shape index (κ2) is 27.5. The first-order chi connectivity index (χ1) is 29.6. The first kappa shape index (κ1) is 51.8. The Bertz CT molecular complexity index is 1770. The number of rotatable bonds is 26. The van der Waals surface area contributed by atoms with E-state index in [1.54, 1.807) is 0 Å². The molecule has 0 saturated carbocycles. The molecule has 1 aliphatic rings. The van der Waals surface area contributed by atoms with Crippen LogP contribution in [-0.2, 0) is 51.0 Å². The molecule has 1 fully saturated rings. The van der Waals surface area contributed by atoms with Gasteiger partial charge in [-0.15, -0.1) is 12.3 Å². The first-order valence-electron chi connectivity index (χ1n) is 21.6. The minimum Gasteiger partial charge on any atom is -0.434 e. The Morgan fingerprint density at radius 3 is 1.92 bits per heavy atom. The third-order valence-electron chi connectivity index (χ3n) is 10.3. The molecule has 3 rings (SSSR count). The number of carbonyl (C=O) groups excluding carboxylic acids is 6. The van der Waals surface area contributed by atoms with Crippen LogP contribution in [0, 0.1) is 24.2 Å². The van der Waals surface area contributed by atoms with Gasteiger partial charge in [-0.2, -0.15) is 0 Å². The highest BCUT2D eigenvalue weighted by atomic mass is 127. The van der Waals surface area contributed by atoms with Crippen molar-refractivity contribution in [3.63, 3.8) is 0 Å². The van der Waals surface area contributed by atoms with E-state index in [4.69, 9.17) is 20.6 Å². The van der Waals surface area contributed by atoms with E-state index in [0.29, 0.717) is 52.0 Å². The molecule has 0 radical (unpaired) electrons. The highest BCUT2D eigenvalue weighted by Crippen LogP contribution is 2.22. The number of aryl methyl sites for hydroxylation is 1. The third kappa shape index (κ3) is 18.8. The largest absolute Gasteiger partial charge is 0.509 e. The van der Waals surface area contributed by atoms with Gasteiger partial charge in [0.15, 0.2) is 11.4 Å². The van der Waals surface area contributed by atoms with Crippen LogP contribution in [0.4, 0.5) is 4.79 Å². The lowest BCUT2D eigenvalue weighted by Gasteiger charge is -2.32. The molecule has 2 aromatic carbocycles. The number of morpholine rings is 1. The number of benzene rings is 2. The van der Waals surface area contributed by atoms with Crippen LogP contribution in [0.3, 0.4) is 0 Å². The van der Waals surface area contributed by atoms with Crippen molar-refractivity contribution in [2.24, 2.45) is 11.8 Å². The van der Waals surface area contributed by atoms with Crippen molar-refractivity contribution in [2.75, 3.05) is 43.9 Å². The van der Waals surface area contributed by atoms with Gasteiger partial charge in [-0.3, -0.25) is 28.9 Å². The molecule has 1 saturated heterocycles. The van der Waals surface area contributed by atoms with Gasteiger partial charge in [0, 0.05) is 30.4 Å². The zero-order chi connectivity index (χ0) is 45.5. The number of hydrogen-bond donors (Lipinski definition) is 4. The Morgan fingerprint density at radius 2 is 1.32 bits per heavy atom. The molecule has 0 aromatic heterocycles. The number of ether oxygens (including phenoxy) is 3. The number of terminal acetylenes is 1.